The predicted molar refractivity (Wildman–Crippen MR) is 76.5 cm³/mol. The number of carbonyl (C=O) groups excluding carboxylic acids is 1. The first kappa shape index (κ1) is 14.9. The Balaban J connectivity index is 2.02. The standard InChI is InChI=1S/C15H18ClNO3/c1-9(10-4-2-5-11(16)8-10)17-14(18)12-6-3-7-13(12)15(19)20/h2,4-5,8-9,12-13H,3,6-7H2,1H3,(H,17,18)(H,19,20)/t9-,12-,13+/m1/s1. The van der Waals surface area contributed by atoms with E-state index in [0.29, 0.717) is 17.9 Å². The SMILES string of the molecule is C[C@@H](NC(=O)[C@@H]1CCC[C@@H]1C(=O)O)c1cccc(Cl)c1. The molecule has 108 valence electrons. The lowest BCUT2D eigenvalue weighted by Crippen LogP contribution is -2.36. The molecule has 2 rings (SSSR count). The molecule has 4 nitrogen and oxygen atoms in total. The van der Waals surface area contributed by atoms with Gasteiger partial charge in [-0.3, -0.25) is 9.59 Å². The van der Waals surface area contributed by atoms with Gasteiger partial charge in [0.05, 0.1) is 17.9 Å². The van der Waals surface area contributed by atoms with Crippen molar-refractivity contribution in [1.82, 2.24) is 5.32 Å². The van der Waals surface area contributed by atoms with Crippen LogP contribution in [0.3, 0.4) is 0 Å². The normalized spacial score (nSPS) is 23.3. The summed E-state index contributed by atoms with van der Waals surface area (Å²) in [7, 11) is 0. The van der Waals surface area contributed by atoms with E-state index < -0.39 is 17.8 Å². The predicted octanol–water partition coefficient (Wildman–Crippen LogP) is 3.02. The summed E-state index contributed by atoms with van der Waals surface area (Å²) in [4.78, 5) is 23.3. The van der Waals surface area contributed by atoms with Crippen LogP contribution in [0.5, 0.6) is 0 Å². The van der Waals surface area contributed by atoms with Gasteiger partial charge in [-0.05, 0) is 37.5 Å². The highest BCUT2D eigenvalue weighted by Gasteiger charge is 2.38. The van der Waals surface area contributed by atoms with Gasteiger partial charge in [0, 0.05) is 5.02 Å². The Morgan fingerprint density at radius 1 is 1.35 bits per heavy atom. The first-order valence-corrected chi connectivity index (χ1v) is 7.15. The molecule has 3 atom stereocenters. The van der Waals surface area contributed by atoms with E-state index in [1.54, 1.807) is 12.1 Å². The van der Waals surface area contributed by atoms with Crippen LogP contribution in [0.2, 0.25) is 5.02 Å². The Hall–Kier alpha value is -1.55. The maximum absolute atomic E-state index is 12.2. The average Bonchev–Trinajstić information content (AvgIpc) is 2.88. The Kier molecular flexibility index (Phi) is 4.65. The lowest BCUT2D eigenvalue weighted by Gasteiger charge is -2.20. The van der Waals surface area contributed by atoms with E-state index in [2.05, 4.69) is 5.32 Å². The molecule has 1 amide bonds. The number of carbonyl (C=O) groups is 2. The van der Waals surface area contributed by atoms with E-state index in [1.807, 2.05) is 19.1 Å². The van der Waals surface area contributed by atoms with Gasteiger partial charge < -0.3 is 10.4 Å². The monoisotopic (exact) mass is 295 g/mol. The summed E-state index contributed by atoms with van der Waals surface area (Å²) in [6.45, 7) is 1.87. The third kappa shape index (κ3) is 3.31. The topological polar surface area (TPSA) is 66.4 Å². The third-order valence-electron chi connectivity index (χ3n) is 3.88. The molecule has 5 heteroatoms. The summed E-state index contributed by atoms with van der Waals surface area (Å²) in [5.74, 6) is -2.03. The zero-order valence-electron chi connectivity index (χ0n) is 11.3. The zero-order valence-corrected chi connectivity index (χ0v) is 12.1. The second-order valence-corrected chi connectivity index (χ2v) is 5.70. The molecule has 2 N–H and O–H groups in total. The van der Waals surface area contributed by atoms with Crippen molar-refractivity contribution >= 4 is 23.5 Å². The van der Waals surface area contributed by atoms with Gasteiger partial charge in [0.1, 0.15) is 0 Å². The van der Waals surface area contributed by atoms with Gasteiger partial charge >= 0.3 is 5.97 Å². The van der Waals surface area contributed by atoms with Gasteiger partial charge in [-0.15, -0.1) is 0 Å². The van der Waals surface area contributed by atoms with Crippen LogP contribution in [0.4, 0.5) is 0 Å². The Morgan fingerprint density at radius 2 is 2.05 bits per heavy atom. The number of carboxylic acid groups (broad SMARTS) is 1. The molecule has 20 heavy (non-hydrogen) atoms. The molecule has 0 aromatic heterocycles. The smallest absolute Gasteiger partial charge is 0.307 e. The maximum atomic E-state index is 12.2. The highest BCUT2D eigenvalue weighted by atomic mass is 35.5. The highest BCUT2D eigenvalue weighted by molar-refractivity contribution is 6.30. The van der Waals surface area contributed by atoms with Crippen LogP contribution in [-0.2, 0) is 9.59 Å². The number of aliphatic carboxylic acids is 1. The molecule has 1 aliphatic rings. The van der Waals surface area contributed by atoms with Gasteiger partial charge in [-0.2, -0.15) is 0 Å². The molecular weight excluding hydrogens is 278 g/mol. The van der Waals surface area contributed by atoms with Gasteiger partial charge in [-0.25, -0.2) is 0 Å². The van der Waals surface area contributed by atoms with Crippen LogP contribution in [-0.4, -0.2) is 17.0 Å². The molecule has 0 heterocycles. The van der Waals surface area contributed by atoms with E-state index in [0.717, 1.165) is 12.0 Å². The number of carboxylic acids is 1. The molecule has 0 saturated heterocycles. The Labute approximate surface area is 123 Å². The van der Waals surface area contributed by atoms with Crippen LogP contribution in [0, 0.1) is 11.8 Å². The second-order valence-electron chi connectivity index (χ2n) is 5.27. The molecule has 1 saturated carbocycles. The van der Waals surface area contributed by atoms with E-state index in [-0.39, 0.29) is 11.9 Å². The van der Waals surface area contributed by atoms with Crippen molar-refractivity contribution in [2.75, 3.05) is 0 Å². The third-order valence-corrected chi connectivity index (χ3v) is 4.11. The summed E-state index contributed by atoms with van der Waals surface area (Å²) in [5.41, 5.74) is 0.913. The molecule has 0 radical (unpaired) electrons. The Morgan fingerprint density at radius 3 is 2.70 bits per heavy atom. The molecule has 1 aromatic carbocycles. The van der Waals surface area contributed by atoms with Crippen LogP contribution >= 0.6 is 11.6 Å². The van der Waals surface area contributed by atoms with Gasteiger partial charge in [0.2, 0.25) is 5.91 Å². The largest absolute Gasteiger partial charge is 0.481 e. The fraction of sp³-hybridized carbons (Fsp3) is 0.467. The van der Waals surface area contributed by atoms with Crippen molar-refractivity contribution in [3.8, 4) is 0 Å². The maximum Gasteiger partial charge on any atom is 0.307 e. The first-order chi connectivity index (χ1) is 9.49. The van der Waals surface area contributed by atoms with Crippen molar-refractivity contribution in [2.24, 2.45) is 11.8 Å². The number of nitrogens with one attached hydrogen (secondary N) is 1. The number of halogens is 1. The number of benzene rings is 1. The van der Waals surface area contributed by atoms with Crippen LogP contribution in [0.1, 0.15) is 37.8 Å². The summed E-state index contributed by atoms with van der Waals surface area (Å²) < 4.78 is 0. The first-order valence-electron chi connectivity index (χ1n) is 6.77. The number of amides is 1. The number of hydrogen-bond donors (Lipinski definition) is 2. The molecule has 1 fully saturated rings. The van der Waals surface area contributed by atoms with Gasteiger partial charge in [-0.1, -0.05) is 30.2 Å². The van der Waals surface area contributed by atoms with Crippen molar-refractivity contribution < 1.29 is 14.7 Å². The van der Waals surface area contributed by atoms with Gasteiger partial charge in [0.15, 0.2) is 0 Å². The minimum Gasteiger partial charge on any atom is -0.481 e. The molecule has 1 aliphatic carbocycles. The zero-order chi connectivity index (χ0) is 14.7. The lowest BCUT2D eigenvalue weighted by molar-refractivity contribution is -0.146. The van der Waals surface area contributed by atoms with E-state index >= 15 is 0 Å². The molecular formula is C15H18ClNO3. The minimum atomic E-state index is -0.877. The van der Waals surface area contributed by atoms with Crippen molar-refractivity contribution in [2.45, 2.75) is 32.2 Å². The lowest BCUT2D eigenvalue weighted by atomic mass is 9.94. The number of hydrogen-bond acceptors (Lipinski definition) is 2. The van der Waals surface area contributed by atoms with Gasteiger partial charge in [0.25, 0.3) is 0 Å². The second kappa shape index (κ2) is 6.27. The highest BCUT2D eigenvalue weighted by Crippen LogP contribution is 2.32. The molecule has 0 bridgehead atoms. The Bertz CT molecular complexity index is 518. The fourth-order valence-corrected chi connectivity index (χ4v) is 2.95. The van der Waals surface area contributed by atoms with Crippen LogP contribution in [0.25, 0.3) is 0 Å². The summed E-state index contributed by atoms with van der Waals surface area (Å²) in [6, 6.07) is 7.11. The quantitative estimate of drug-likeness (QED) is 0.897. The van der Waals surface area contributed by atoms with E-state index in [4.69, 9.17) is 16.7 Å². The minimum absolute atomic E-state index is 0.178. The van der Waals surface area contributed by atoms with Crippen LogP contribution in [0.15, 0.2) is 24.3 Å². The molecule has 1 aromatic rings. The van der Waals surface area contributed by atoms with Crippen molar-refractivity contribution in [3.63, 3.8) is 0 Å². The summed E-state index contributed by atoms with van der Waals surface area (Å²) in [6.07, 6.45) is 2.02. The van der Waals surface area contributed by atoms with Crippen molar-refractivity contribution in [3.05, 3.63) is 34.9 Å². The van der Waals surface area contributed by atoms with E-state index in [1.165, 1.54) is 0 Å². The fourth-order valence-electron chi connectivity index (χ4n) is 2.75. The van der Waals surface area contributed by atoms with Crippen LogP contribution < -0.4 is 5.32 Å². The molecule has 0 spiro atoms. The van der Waals surface area contributed by atoms with E-state index in [9.17, 15) is 9.59 Å². The average molecular weight is 296 g/mol. The summed E-state index contributed by atoms with van der Waals surface area (Å²) in [5, 5.41) is 12.6. The molecule has 0 unspecified atom stereocenters. The summed E-state index contributed by atoms with van der Waals surface area (Å²) >= 11 is 5.93. The molecule has 0 aliphatic heterocycles. The van der Waals surface area contributed by atoms with Crippen molar-refractivity contribution in [1.29, 1.82) is 0 Å². The number of rotatable bonds is 4.